The van der Waals surface area contributed by atoms with Crippen molar-refractivity contribution in [1.82, 2.24) is 0 Å². The summed E-state index contributed by atoms with van der Waals surface area (Å²) in [6.45, 7) is 0.0367. The van der Waals surface area contributed by atoms with Gasteiger partial charge in [-0.3, -0.25) is 4.79 Å². The molecule has 63 valence electrons. The topological polar surface area (TPSA) is 63.3 Å². The summed E-state index contributed by atoms with van der Waals surface area (Å²) in [6, 6.07) is 0. The van der Waals surface area contributed by atoms with E-state index >= 15 is 0 Å². The van der Waals surface area contributed by atoms with Crippen LogP contribution in [0.2, 0.25) is 0 Å². The molecule has 1 aliphatic carbocycles. The Hall–Kier alpha value is -0.570. The molecule has 3 N–H and O–H groups in total. The third-order valence-corrected chi connectivity index (χ3v) is 2.50. The van der Waals surface area contributed by atoms with E-state index in [0.717, 1.165) is 19.3 Å². The van der Waals surface area contributed by atoms with Crippen molar-refractivity contribution in [3.8, 4) is 0 Å². The average Bonchev–Trinajstić information content (AvgIpc) is 1.85. The van der Waals surface area contributed by atoms with Crippen LogP contribution in [0.1, 0.15) is 25.7 Å². The lowest BCUT2D eigenvalue weighted by Gasteiger charge is -2.38. The van der Waals surface area contributed by atoms with Gasteiger partial charge in [0.05, 0.1) is 0 Å². The molecule has 0 aliphatic heterocycles. The lowest BCUT2D eigenvalue weighted by molar-refractivity contribution is -0.132. The Morgan fingerprint density at radius 1 is 1.64 bits per heavy atom. The van der Waals surface area contributed by atoms with Gasteiger partial charge in [-0.05, 0) is 25.7 Å². The van der Waals surface area contributed by atoms with Gasteiger partial charge in [-0.15, -0.1) is 0 Å². The lowest BCUT2D eigenvalue weighted by atomic mass is 9.65. The second-order valence-electron chi connectivity index (χ2n) is 3.17. The van der Waals surface area contributed by atoms with Crippen molar-refractivity contribution in [1.29, 1.82) is 0 Å². The molecule has 1 rings (SSSR count). The first-order valence-electron chi connectivity index (χ1n) is 3.94. The Balaban J connectivity index is 2.40. The number of carbonyl (C=O) groups is 1. The molecule has 3 nitrogen and oxygen atoms in total. The summed E-state index contributed by atoms with van der Waals surface area (Å²) in [7, 11) is 0. The van der Waals surface area contributed by atoms with Gasteiger partial charge in [0.15, 0.2) is 0 Å². The molecule has 1 aliphatic rings. The molecule has 1 fully saturated rings. The molecular formula is C8H14NO2. The monoisotopic (exact) mass is 156 g/mol. The molecule has 1 amide bonds. The van der Waals surface area contributed by atoms with Gasteiger partial charge in [0.25, 0.3) is 0 Å². The molecule has 0 aromatic carbocycles. The number of primary amides is 1. The van der Waals surface area contributed by atoms with Crippen molar-refractivity contribution >= 4 is 5.91 Å². The van der Waals surface area contributed by atoms with Gasteiger partial charge in [0, 0.05) is 12.0 Å². The van der Waals surface area contributed by atoms with E-state index in [1.165, 1.54) is 0 Å². The molecule has 0 aromatic rings. The zero-order chi connectivity index (χ0) is 8.32. The molecule has 1 saturated carbocycles. The number of rotatable bonds is 4. The third-order valence-electron chi connectivity index (χ3n) is 2.50. The number of hydrogen-bond acceptors (Lipinski definition) is 2. The number of hydrogen-bond donors (Lipinski definition) is 2. The van der Waals surface area contributed by atoms with Gasteiger partial charge in [0.1, 0.15) is 0 Å². The van der Waals surface area contributed by atoms with E-state index in [-0.39, 0.29) is 17.9 Å². The van der Waals surface area contributed by atoms with Gasteiger partial charge in [-0.1, -0.05) is 6.42 Å². The lowest BCUT2D eigenvalue weighted by Crippen LogP contribution is -2.42. The van der Waals surface area contributed by atoms with Crippen LogP contribution in [-0.2, 0) is 4.79 Å². The highest BCUT2D eigenvalue weighted by atomic mass is 16.3. The van der Waals surface area contributed by atoms with Gasteiger partial charge < -0.3 is 10.8 Å². The molecule has 0 bridgehead atoms. The maximum atomic E-state index is 10.9. The van der Waals surface area contributed by atoms with Crippen molar-refractivity contribution in [2.24, 2.45) is 11.1 Å². The predicted octanol–water partition coefficient (Wildman–Crippen LogP) is 0.229. The summed E-state index contributed by atoms with van der Waals surface area (Å²) in [4.78, 5) is 10.9. The Morgan fingerprint density at radius 2 is 2.27 bits per heavy atom. The van der Waals surface area contributed by atoms with Crippen molar-refractivity contribution in [3.05, 3.63) is 6.42 Å². The first kappa shape index (κ1) is 8.53. The summed E-state index contributed by atoms with van der Waals surface area (Å²) < 4.78 is 0. The summed E-state index contributed by atoms with van der Waals surface area (Å²) in [6.07, 6.45) is 5.21. The molecule has 0 atom stereocenters. The first-order chi connectivity index (χ1) is 5.21. The van der Waals surface area contributed by atoms with Crippen molar-refractivity contribution in [2.75, 3.05) is 6.61 Å². The molecule has 0 spiro atoms. The van der Waals surface area contributed by atoms with E-state index < -0.39 is 0 Å². The molecule has 1 radical (unpaired) electrons. The van der Waals surface area contributed by atoms with E-state index in [4.69, 9.17) is 10.8 Å². The van der Waals surface area contributed by atoms with Crippen molar-refractivity contribution < 1.29 is 9.90 Å². The highest BCUT2D eigenvalue weighted by molar-refractivity contribution is 5.81. The summed E-state index contributed by atoms with van der Waals surface area (Å²) >= 11 is 0. The van der Waals surface area contributed by atoms with E-state index in [1.54, 1.807) is 6.42 Å². The fourth-order valence-electron chi connectivity index (χ4n) is 1.50. The second kappa shape index (κ2) is 3.22. The van der Waals surface area contributed by atoms with E-state index in [2.05, 4.69) is 0 Å². The van der Waals surface area contributed by atoms with Crippen LogP contribution in [0.3, 0.4) is 0 Å². The summed E-state index contributed by atoms with van der Waals surface area (Å²) in [5.41, 5.74) is 4.93. The first-order valence-corrected chi connectivity index (χ1v) is 3.94. The van der Waals surface area contributed by atoms with Crippen LogP contribution in [0.5, 0.6) is 0 Å². The van der Waals surface area contributed by atoms with Crippen LogP contribution >= 0.6 is 0 Å². The molecule has 11 heavy (non-hydrogen) atoms. The Kier molecular flexibility index (Phi) is 2.49. The molecular weight excluding hydrogens is 142 g/mol. The van der Waals surface area contributed by atoms with Crippen LogP contribution < -0.4 is 5.73 Å². The Labute approximate surface area is 66.6 Å². The van der Waals surface area contributed by atoms with Crippen LogP contribution in [0, 0.1) is 11.8 Å². The van der Waals surface area contributed by atoms with Crippen LogP contribution in [-0.4, -0.2) is 17.6 Å². The fraction of sp³-hybridized carbons (Fsp3) is 0.750. The zero-order valence-corrected chi connectivity index (χ0v) is 6.55. The third kappa shape index (κ3) is 1.53. The van der Waals surface area contributed by atoms with Crippen LogP contribution in [0.15, 0.2) is 0 Å². The summed E-state index contributed by atoms with van der Waals surface area (Å²) in [5.74, 6) is -0.214. The van der Waals surface area contributed by atoms with Gasteiger partial charge >= 0.3 is 0 Å². The van der Waals surface area contributed by atoms with Crippen molar-refractivity contribution in [3.63, 3.8) is 0 Å². The second-order valence-corrected chi connectivity index (χ2v) is 3.17. The minimum atomic E-state index is -0.303. The summed E-state index contributed by atoms with van der Waals surface area (Å²) in [5, 5.41) is 8.52. The largest absolute Gasteiger partial charge is 0.396 e. The van der Waals surface area contributed by atoms with Gasteiger partial charge in [-0.2, -0.15) is 0 Å². The van der Waals surface area contributed by atoms with E-state index in [0.29, 0.717) is 6.42 Å². The highest BCUT2D eigenvalue weighted by Crippen LogP contribution is 2.44. The quantitative estimate of drug-likeness (QED) is 0.612. The van der Waals surface area contributed by atoms with Gasteiger partial charge in [-0.25, -0.2) is 0 Å². The predicted molar refractivity (Wildman–Crippen MR) is 41.5 cm³/mol. The normalized spacial score (nSPS) is 20.8. The number of aliphatic hydroxyl groups excluding tert-OH is 1. The zero-order valence-electron chi connectivity index (χ0n) is 6.55. The minimum Gasteiger partial charge on any atom is -0.396 e. The van der Waals surface area contributed by atoms with E-state index in [9.17, 15) is 4.79 Å². The smallest absolute Gasteiger partial charge is 0.223 e. The molecule has 3 heteroatoms. The van der Waals surface area contributed by atoms with Crippen LogP contribution in [0.25, 0.3) is 0 Å². The number of carbonyl (C=O) groups excluding carboxylic acids is 1. The maximum Gasteiger partial charge on any atom is 0.223 e. The highest BCUT2D eigenvalue weighted by Gasteiger charge is 2.41. The SMILES string of the molecule is NC(=O)C1(C[CH]CO)CCC1. The molecule has 0 aromatic heterocycles. The number of aliphatic hydroxyl groups is 1. The molecule has 0 unspecified atom stereocenters. The Morgan fingerprint density at radius 3 is 2.55 bits per heavy atom. The van der Waals surface area contributed by atoms with E-state index in [1.807, 2.05) is 0 Å². The fourth-order valence-corrected chi connectivity index (χ4v) is 1.50. The van der Waals surface area contributed by atoms with Crippen LogP contribution in [0.4, 0.5) is 0 Å². The number of nitrogens with two attached hydrogens (primary N) is 1. The van der Waals surface area contributed by atoms with Crippen molar-refractivity contribution in [2.45, 2.75) is 25.7 Å². The molecule has 0 heterocycles. The number of amides is 1. The molecule has 0 saturated heterocycles. The average molecular weight is 156 g/mol. The standard InChI is InChI=1S/C8H14NO2/c9-7(11)8(3-1-4-8)5-2-6-10/h2,10H,1,3-6H2,(H2,9,11). The maximum absolute atomic E-state index is 10.9. The van der Waals surface area contributed by atoms with Gasteiger partial charge in [0.2, 0.25) is 5.91 Å². The minimum absolute atomic E-state index is 0.0367. The Bertz CT molecular complexity index is 152.